The van der Waals surface area contributed by atoms with Crippen molar-refractivity contribution in [2.45, 2.75) is 23.7 Å². The van der Waals surface area contributed by atoms with Crippen molar-refractivity contribution in [1.82, 2.24) is 10.2 Å². The summed E-state index contributed by atoms with van der Waals surface area (Å²) in [5, 5.41) is 2.78. The molecule has 7 heteroatoms. The van der Waals surface area contributed by atoms with Gasteiger partial charge in [-0.15, -0.1) is 0 Å². The molecule has 21 heavy (non-hydrogen) atoms. The lowest BCUT2D eigenvalue weighted by atomic mass is 10.0. The molecule has 1 aliphatic heterocycles. The van der Waals surface area contributed by atoms with Crippen LogP contribution >= 0.6 is 39.1 Å². The van der Waals surface area contributed by atoms with Crippen LogP contribution in [0, 0.1) is 0 Å². The summed E-state index contributed by atoms with van der Waals surface area (Å²) in [7, 11) is 0. The molecule has 0 atom stereocenters. The predicted molar refractivity (Wildman–Crippen MR) is 86.7 cm³/mol. The molecule has 1 heterocycles. The van der Waals surface area contributed by atoms with Crippen LogP contribution in [-0.4, -0.2) is 40.7 Å². The summed E-state index contributed by atoms with van der Waals surface area (Å²) in [5.74, 6) is -0.372. The molecule has 1 fully saturated rings. The highest BCUT2D eigenvalue weighted by Gasteiger charge is 2.25. The van der Waals surface area contributed by atoms with Crippen LogP contribution in [0.25, 0.3) is 0 Å². The summed E-state index contributed by atoms with van der Waals surface area (Å²) in [6, 6.07) is 7.34. The summed E-state index contributed by atoms with van der Waals surface area (Å²) in [6.45, 7) is 1.21. The standard InChI is InChI=1S/C14H15BrCl2N2O2/c15-10-3-1-2-9(8-10)14(21)19-6-4-11(5-7-19)18-13(20)12(16)17/h1-3,8,11-12H,4-7H2,(H,18,20). The van der Waals surface area contributed by atoms with Gasteiger partial charge in [-0.25, -0.2) is 0 Å². The number of hydrogen-bond donors (Lipinski definition) is 1. The third kappa shape index (κ3) is 4.59. The molecule has 2 rings (SSSR count). The Morgan fingerprint density at radius 1 is 1.29 bits per heavy atom. The molecule has 114 valence electrons. The van der Waals surface area contributed by atoms with Crippen molar-refractivity contribution in [3.63, 3.8) is 0 Å². The van der Waals surface area contributed by atoms with Crippen LogP contribution in [-0.2, 0) is 4.79 Å². The number of likely N-dealkylation sites (tertiary alicyclic amines) is 1. The number of benzene rings is 1. The van der Waals surface area contributed by atoms with Gasteiger partial charge < -0.3 is 10.2 Å². The topological polar surface area (TPSA) is 49.4 Å². The Morgan fingerprint density at radius 2 is 1.95 bits per heavy atom. The normalized spacial score (nSPS) is 16.1. The van der Waals surface area contributed by atoms with Gasteiger partial charge in [-0.05, 0) is 31.0 Å². The Labute approximate surface area is 141 Å². The van der Waals surface area contributed by atoms with Crippen molar-refractivity contribution in [3.05, 3.63) is 34.3 Å². The maximum Gasteiger partial charge on any atom is 0.253 e. The van der Waals surface area contributed by atoms with Crippen LogP contribution in [0.5, 0.6) is 0 Å². The molecule has 0 aliphatic carbocycles. The molecule has 0 unspecified atom stereocenters. The molecule has 1 N–H and O–H groups in total. The molecule has 1 aromatic carbocycles. The zero-order valence-electron chi connectivity index (χ0n) is 11.2. The van der Waals surface area contributed by atoms with E-state index in [0.717, 1.165) is 4.47 Å². The first-order chi connectivity index (χ1) is 9.97. The second kappa shape index (κ2) is 7.47. The molecule has 1 aromatic rings. The number of carbonyl (C=O) groups excluding carboxylic acids is 2. The Morgan fingerprint density at radius 3 is 2.52 bits per heavy atom. The third-order valence-corrected chi connectivity index (χ3v) is 4.29. The fourth-order valence-corrected chi connectivity index (χ4v) is 2.82. The van der Waals surface area contributed by atoms with E-state index < -0.39 is 4.84 Å². The van der Waals surface area contributed by atoms with Gasteiger partial charge in [0.25, 0.3) is 11.8 Å². The average molecular weight is 394 g/mol. The van der Waals surface area contributed by atoms with Gasteiger partial charge in [0.05, 0.1) is 0 Å². The predicted octanol–water partition coefficient (Wildman–Crippen LogP) is 2.97. The minimum atomic E-state index is -1.05. The number of alkyl halides is 2. The lowest BCUT2D eigenvalue weighted by Gasteiger charge is -2.32. The fraction of sp³-hybridized carbons (Fsp3) is 0.429. The minimum Gasteiger partial charge on any atom is -0.351 e. The maximum atomic E-state index is 12.4. The second-order valence-electron chi connectivity index (χ2n) is 4.89. The van der Waals surface area contributed by atoms with E-state index in [0.29, 0.717) is 31.5 Å². The first-order valence-corrected chi connectivity index (χ1v) is 8.27. The highest BCUT2D eigenvalue weighted by molar-refractivity contribution is 9.10. The van der Waals surface area contributed by atoms with Crippen LogP contribution in [0.4, 0.5) is 0 Å². The molecule has 2 amide bonds. The monoisotopic (exact) mass is 392 g/mol. The first kappa shape index (κ1) is 16.6. The number of hydrogen-bond acceptors (Lipinski definition) is 2. The van der Waals surface area contributed by atoms with E-state index in [1.165, 1.54) is 0 Å². The lowest BCUT2D eigenvalue weighted by Crippen LogP contribution is -2.47. The summed E-state index contributed by atoms with van der Waals surface area (Å²) >= 11 is 14.4. The molecule has 0 saturated carbocycles. The lowest BCUT2D eigenvalue weighted by molar-refractivity contribution is -0.120. The van der Waals surface area contributed by atoms with Gasteiger partial charge in [0.1, 0.15) is 0 Å². The average Bonchev–Trinajstić information content (AvgIpc) is 2.47. The van der Waals surface area contributed by atoms with Gasteiger partial charge in [0.2, 0.25) is 0 Å². The van der Waals surface area contributed by atoms with Crippen molar-refractivity contribution in [2.75, 3.05) is 13.1 Å². The second-order valence-corrected chi connectivity index (χ2v) is 6.90. The molecule has 1 saturated heterocycles. The van der Waals surface area contributed by atoms with Crippen molar-refractivity contribution in [1.29, 1.82) is 0 Å². The highest BCUT2D eigenvalue weighted by atomic mass is 79.9. The van der Waals surface area contributed by atoms with Crippen molar-refractivity contribution >= 4 is 50.9 Å². The Bertz CT molecular complexity index is 531. The van der Waals surface area contributed by atoms with E-state index in [1.807, 2.05) is 18.2 Å². The summed E-state index contributed by atoms with van der Waals surface area (Å²) in [5.41, 5.74) is 0.661. The number of piperidine rings is 1. The Hall–Kier alpha value is -0.780. The fourth-order valence-electron chi connectivity index (χ4n) is 2.30. The molecular formula is C14H15BrCl2N2O2. The van der Waals surface area contributed by atoms with Crippen LogP contribution < -0.4 is 5.32 Å². The number of amides is 2. The van der Waals surface area contributed by atoms with Gasteiger partial charge in [0, 0.05) is 29.2 Å². The van der Waals surface area contributed by atoms with E-state index in [1.54, 1.807) is 11.0 Å². The van der Waals surface area contributed by atoms with E-state index in [-0.39, 0.29) is 17.9 Å². The van der Waals surface area contributed by atoms with Crippen molar-refractivity contribution in [3.8, 4) is 0 Å². The third-order valence-electron chi connectivity index (χ3n) is 3.40. The van der Waals surface area contributed by atoms with E-state index >= 15 is 0 Å². The minimum absolute atomic E-state index is 0.00800. The van der Waals surface area contributed by atoms with Gasteiger partial charge >= 0.3 is 0 Å². The van der Waals surface area contributed by atoms with Gasteiger partial charge in [0.15, 0.2) is 4.84 Å². The van der Waals surface area contributed by atoms with E-state index in [9.17, 15) is 9.59 Å². The SMILES string of the molecule is O=C(NC1CCN(C(=O)c2cccc(Br)c2)CC1)C(Cl)Cl. The molecule has 4 nitrogen and oxygen atoms in total. The van der Waals surface area contributed by atoms with Crippen LogP contribution in [0.3, 0.4) is 0 Å². The molecule has 0 radical (unpaired) electrons. The maximum absolute atomic E-state index is 12.4. The number of halogens is 3. The quantitative estimate of drug-likeness (QED) is 0.802. The Balaban J connectivity index is 1.89. The molecular weight excluding hydrogens is 379 g/mol. The van der Waals surface area contributed by atoms with Crippen LogP contribution in [0.15, 0.2) is 28.7 Å². The van der Waals surface area contributed by atoms with Gasteiger partial charge in [-0.3, -0.25) is 9.59 Å². The van der Waals surface area contributed by atoms with Gasteiger partial charge in [-0.2, -0.15) is 0 Å². The number of nitrogens with zero attached hydrogens (tertiary/aromatic N) is 1. The summed E-state index contributed by atoms with van der Waals surface area (Å²) in [6.07, 6.45) is 1.40. The smallest absolute Gasteiger partial charge is 0.253 e. The zero-order chi connectivity index (χ0) is 15.4. The number of nitrogens with one attached hydrogen (secondary N) is 1. The molecule has 0 bridgehead atoms. The molecule has 0 spiro atoms. The molecule has 0 aromatic heterocycles. The largest absolute Gasteiger partial charge is 0.351 e. The van der Waals surface area contributed by atoms with E-state index in [4.69, 9.17) is 23.2 Å². The van der Waals surface area contributed by atoms with Crippen LogP contribution in [0.1, 0.15) is 23.2 Å². The summed E-state index contributed by atoms with van der Waals surface area (Å²) in [4.78, 5) is 24.5. The highest BCUT2D eigenvalue weighted by Crippen LogP contribution is 2.17. The summed E-state index contributed by atoms with van der Waals surface area (Å²) < 4.78 is 0.880. The van der Waals surface area contributed by atoms with Crippen molar-refractivity contribution in [2.24, 2.45) is 0 Å². The molecule has 1 aliphatic rings. The van der Waals surface area contributed by atoms with Crippen LogP contribution in [0.2, 0.25) is 0 Å². The van der Waals surface area contributed by atoms with Crippen molar-refractivity contribution < 1.29 is 9.59 Å². The van der Waals surface area contributed by atoms with Gasteiger partial charge in [-0.1, -0.05) is 45.2 Å². The zero-order valence-corrected chi connectivity index (χ0v) is 14.3. The van der Waals surface area contributed by atoms with E-state index in [2.05, 4.69) is 21.2 Å². The number of rotatable bonds is 3. The Kier molecular flexibility index (Phi) is 5.90. The number of carbonyl (C=O) groups is 2. The first-order valence-electron chi connectivity index (χ1n) is 6.60.